The van der Waals surface area contributed by atoms with Gasteiger partial charge in [-0.25, -0.2) is 14.2 Å². The smallest absolute Gasteiger partial charge is 0.355 e. The molecule has 1 heterocycles. The van der Waals surface area contributed by atoms with Crippen LogP contribution in [-0.2, 0) is 0 Å². The van der Waals surface area contributed by atoms with E-state index in [0.717, 1.165) is 5.69 Å². The monoisotopic (exact) mass is 252 g/mol. The first-order chi connectivity index (χ1) is 8.08. The van der Waals surface area contributed by atoms with Gasteiger partial charge in [0.1, 0.15) is 5.82 Å². The highest BCUT2D eigenvalue weighted by molar-refractivity contribution is 7.14. The van der Waals surface area contributed by atoms with Gasteiger partial charge in [-0.15, -0.1) is 11.3 Å². The first-order valence-corrected chi connectivity index (χ1v) is 5.64. The van der Waals surface area contributed by atoms with Crippen molar-refractivity contribution in [1.29, 1.82) is 0 Å². The molecule has 17 heavy (non-hydrogen) atoms. The predicted molar refractivity (Wildman–Crippen MR) is 63.5 cm³/mol. The van der Waals surface area contributed by atoms with Crippen LogP contribution in [-0.4, -0.2) is 23.1 Å². The number of aromatic carboxylic acids is 1. The van der Waals surface area contributed by atoms with E-state index in [1.54, 1.807) is 24.1 Å². The second-order valence-corrected chi connectivity index (χ2v) is 4.19. The van der Waals surface area contributed by atoms with Crippen LogP contribution in [0.4, 0.5) is 15.2 Å². The second-order valence-electron chi connectivity index (χ2n) is 3.36. The fraction of sp³-hybridized carbons (Fsp3) is 0.0909. The third-order valence-electron chi connectivity index (χ3n) is 2.21. The first-order valence-electron chi connectivity index (χ1n) is 4.76. The van der Waals surface area contributed by atoms with Gasteiger partial charge in [0.2, 0.25) is 0 Å². The Morgan fingerprint density at radius 1 is 1.41 bits per heavy atom. The second kappa shape index (κ2) is 4.50. The third kappa shape index (κ3) is 2.42. The van der Waals surface area contributed by atoms with E-state index in [2.05, 4.69) is 4.98 Å². The van der Waals surface area contributed by atoms with Gasteiger partial charge >= 0.3 is 5.97 Å². The molecule has 0 fully saturated rings. The van der Waals surface area contributed by atoms with Gasteiger partial charge in [-0.2, -0.15) is 0 Å². The topological polar surface area (TPSA) is 53.4 Å². The van der Waals surface area contributed by atoms with E-state index < -0.39 is 5.97 Å². The maximum Gasteiger partial charge on any atom is 0.355 e. The molecule has 0 spiro atoms. The summed E-state index contributed by atoms with van der Waals surface area (Å²) < 4.78 is 12.8. The molecule has 0 amide bonds. The summed E-state index contributed by atoms with van der Waals surface area (Å²) in [6.45, 7) is 0. The van der Waals surface area contributed by atoms with Crippen LogP contribution < -0.4 is 4.90 Å². The van der Waals surface area contributed by atoms with Crippen LogP contribution in [0.2, 0.25) is 0 Å². The molecular weight excluding hydrogens is 243 g/mol. The first kappa shape index (κ1) is 11.5. The number of thiazole rings is 1. The molecule has 1 aromatic carbocycles. The van der Waals surface area contributed by atoms with Crippen molar-refractivity contribution >= 4 is 28.1 Å². The van der Waals surface area contributed by atoms with Crippen molar-refractivity contribution in [2.75, 3.05) is 11.9 Å². The lowest BCUT2D eigenvalue weighted by atomic mass is 10.3. The molecule has 0 aliphatic carbocycles. The van der Waals surface area contributed by atoms with Gasteiger partial charge in [-0.3, -0.25) is 0 Å². The van der Waals surface area contributed by atoms with Gasteiger partial charge in [0.25, 0.3) is 0 Å². The van der Waals surface area contributed by atoms with E-state index in [-0.39, 0.29) is 11.5 Å². The lowest BCUT2D eigenvalue weighted by Gasteiger charge is -2.15. The van der Waals surface area contributed by atoms with E-state index in [0.29, 0.717) is 5.13 Å². The normalized spacial score (nSPS) is 10.2. The summed E-state index contributed by atoms with van der Waals surface area (Å²) in [7, 11) is 1.75. The van der Waals surface area contributed by atoms with Gasteiger partial charge in [-0.05, 0) is 24.3 Å². The number of hydrogen-bond acceptors (Lipinski definition) is 4. The summed E-state index contributed by atoms with van der Waals surface area (Å²) in [6, 6.07) is 5.91. The average Bonchev–Trinajstić information content (AvgIpc) is 2.78. The number of hydrogen-bond donors (Lipinski definition) is 1. The number of halogens is 1. The van der Waals surface area contributed by atoms with Crippen LogP contribution in [0.15, 0.2) is 29.6 Å². The summed E-state index contributed by atoms with van der Waals surface area (Å²) in [5, 5.41) is 10.8. The van der Waals surface area contributed by atoms with E-state index in [9.17, 15) is 9.18 Å². The van der Waals surface area contributed by atoms with Crippen molar-refractivity contribution in [1.82, 2.24) is 4.98 Å². The maximum absolute atomic E-state index is 12.8. The van der Waals surface area contributed by atoms with E-state index in [1.165, 1.54) is 28.8 Å². The highest BCUT2D eigenvalue weighted by Crippen LogP contribution is 2.26. The molecule has 0 aliphatic rings. The van der Waals surface area contributed by atoms with Crippen LogP contribution in [0.5, 0.6) is 0 Å². The van der Waals surface area contributed by atoms with Gasteiger partial charge in [0, 0.05) is 18.1 Å². The minimum absolute atomic E-state index is 0.0129. The van der Waals surface area contributed by atoms with Crippen LogP contribution in [0.25, 0.3) is 0 Å². The van der Waals surface area contributed by atoms with Gasteiger partial charge < -0.3 is 10.0 Å². The third-order valence-corrected chi connectivity index (χ3v) is 3.13. The Bertz CT molecular complexity index is 539. The molecule has 0 bridgehead atoms. The van der Waals surface area contributed by atoms with Crippen molar-refractivity contribution in [3.05, 3.63) is 41.2 Å². The molecule has 4 nitrogen and oxygen atoms in total. The zero-order chi connectivity index (χ0) is 12.4. The van der Waals surface area contributed by atoms with Crippen molar-refractivity contribution in [3.63, 3.8) is 0 Å². The number of rotatable bonds is 3. The number of carboxylic acids is 1. The summed E-state index contributed by atoms with van der Waals surface area (Å²) in [6.07, 6.45) is 0. The number of carbonyl (C=O) groups is 1. The molecule has 2 rings (SSSR count). The van der Waals surface area contributed by atoms with E-state index >= 15 is 0 Å². The molecule has 88 valence electrons. The van der Waals surface area contributed by atoms with Crippen LogP contribution >= 0.6 is 11.3 Å². The van der Waals surface area contributed by atoms with Crippen LogP contribution in [0.3, 0.4) is 0 Å². The molecular formula is C11H9FN2O2S. The number of carboxylic acid groups (broad SMARTS) is 1. The van der Waals surface area contributed by atoms with Crippen molar-refractivity contribution < 1.29 is 14.3 Å². The Morgan fingerprint density at radius 3 is 2.59 bits per heavy atom. The van der Waals surface area contributed by atoms with Crippen molar-refractivity contribution in [2.45, 2.75) is 0 Å². The average molecular weight is 252 g/mol. The summed E-state index contributed by atoms with van der Waals surface area (Å²) in [4.78, 5) is 16.4. The number of anilines is 2. The fourth-order valence-corrected chi connectivity index (χ4v) is 2.08. The summed E-state index contributed by atoms with van der Waals surface area (Å²) >= 11 is 1.23. The lowest BCUT2D eigenvalue weighted by Crippen LogP contribution is -2.09. The Hall–Kier alpha value is -1.95. The van der Waals surface area contributed by atoms with Gasteiger partial charge in [0.05, 0.1) is 0 Å². The molecule has 0 saturated carbocycles. The Balaban J connectivity index is 2.27. The zero-order valence-electron chi connectivity index (χ0n) is 8.92. The minimum atomic E-state index is -1.06. The highest BCUT2D eigenvalue weighted by Gasteiger charge is 2.12. The molecule has 0 saturated heterocycles. The minimum Gasteiger partial charge on any atom is -0.476 e. The lowest BCUT2D eigenvalue weighted by molar-refractivity contribution is 0.0691. The number of benzene rings is 1. The molecule has 0 aliphatic heterocycles. The van der Waals surface area contributed by atoms with Crippen LogP contribution in [0.1, 0.15) is 10.5 Å². The van der Waals surface area contributed by atoms with Crippen molar-refractivity contribution in [2.24, 2.45) is 0 Å². The summed E-state index contributed by atoms with van der Waals surface area (Å²) in [5.41, 5.74) is 0.761. The Morgan fingerprint density at radius 2 is 2.06 bits per heavy atom. The summed E-state index contributed by atoms with van der Waals surface area (Å²) in [5.74, 6) is -1.37. The molecule has 1 N–H and O–H groups in total. The standard InChI is InChI=1S/C11H9FN2O2S/c1-14(8-4-2-7(12)3-5-8)11-13-9(6-17-11)10(15)16/h2-6H,1H3,(H,15,16). The van der Waals surface area contributed by atoms with Crippen LogP contribution in [0, 0.1) is 5.82 Å². The quantitative estimate of drug-likeness (QED) is 0.912. The Labute approximate surface area is 101 Å². The Kier molecular flexibility index (Phi) is 3.06. The zero-order valence-corrected chi connectivity index (χ0v) is 9.74. The number of nitrogens with zero attached hydrogens (tertiary/aromatic N) is 2. The SMILES string of the molecule is CN(c1ccc(F)cc1)c1nc(C(=O)O)cs1. The van der Waals surface area contributed by atoms with E-state index in [4.69, 9.17) is 5.11 Å². The molecule has 0 radical (unpaired) electrons. The molecule has 0 atom stereocenters. The molecule has 6 heteroatoms. The molecule has 0 unspecified atom stereocenters. The number of aromatic nitrogens is 1. The van der Waals surface area contributed by atoms with E-state index in [1.807, 2.05) is 0 Å². The predicted octanol–water partition coefficient (Wildman–Crippen LogP) is 2.75. The van der Waals surface area contributed by atoms with Gasteiger partial charge in [0.15, 0.2) is 10.8 Å². The molecule has 1 aromatic heterocycles. The van der Waals surface area contributed by atoms with Gasteiger partial charge in [-0.1, -0.05) is 0 Å². The largest absolute Gasteiger partial charge is 0.476 e. The van der Waals surface area contributed by atoms with Crippen molar-refractivity contribution in [3.8, 4) is 0 Å². The highest BCUT2D eigenvalue weighted by atomic mass is 32.1. The fourth-order valence-electron chi connectivity index (χ4n) is 1.29. The maximum atomic E-state index is 12.8. The molecule has 2 aromatic rings.